The first-order valence-corrected chi connectivity index (χ1v) is 6.53. The van der Waals surface area contributed by atoms with Crippen molar-refractivity contribution in [3.05, 3.63) is 34.9 Å². The average molecular weight is 265 g/mol. The molecule has 1 unspecified atom stereocenters. The molecule has 0 aliphatic carbocycles. The molecule has 0 bridgehead atoms. The Bertz CT molecular complexity index is 431. The Morgan fingerprint density at radius 2 is 2.05 bits per heavy atom. The SMILES string of the molecule is Cc1ccc(CN(C)CC(O)CCC(=O)O)c(C)c1. The summed E-state index contributed by atoms with van der Waals surface area (Å²) in [5.41, 5.74) is 3.72. The Morgan fingerprint density at radius 3 is 2.63 bits per heavy atom. The van der Waals surface area contributed by atoms with Gasteiger partial charge in [0.05, 0.1) is 6.10 Å². The lowest BCUT2D eigenvalue weighted by atomic mass is 10.1. The van der Waals surface area contributed by atoms with Gasteiger partial charge in [-0.05, 0) is 38.4 Å². The number of carboxylic acid groups (broad SMARTS) is 1. The molecule has 0 amide bonds. The van der Waals surface area contributed by atoms with Crippen molar-refractivity contribution in [2.45, 2.75) is 39.3 Å². The summed E-state index contributed by atoms with van der Waals surface area (Å²) in [6.07, 6.45) is -0.280. The fourth-order valence-electron chi connectivity index (χ4n) is 2.12. The lowest BCUT2D eigenvalue weighted by Crippen LogP contribution is -2.29. The molecule has 1 atom stereocenters. The van der Waals surface area contributed by atoms with Crippen LogP contribution >= 0.6 is 0 Å². The van der Waals surface area contributed by atoms with Crippen LogP contribution in [0.2, 0.25) is 0 Å². The van der Waals surface area contributed by atoms with Gasteiger partial charge in [0.15, 0.2) is 0 Å². The molecule has 4 nitrogen and oxygen atoms in total. The second kappa shape index (κ2) is 7.26. The van der Waals surface area contributed by atoms with Crippen LogP contribution in [0.25, 0.3) is 0 Å². The zero-order valence-electron chi connectivity index (χ0n) is 11.9. The van der Waals surface area contributed by atoms with Crippen molar-refractivity contribution >= 4 is 5.97 Å². The lowest BCUT2D eigenvalue weighted by Gasteiger charge is -2.21. The molecule has 0 fully saturated rings. The molecular weight excluding hydrogens is 242 g/mol. The molecular formula is C15H23NO3. The molecule has 1 aromatic carbocycles. The minimum atomic E-state index is -0.865. The number of aliphatic hydroxyl groups excluding tert-OH is 1. The first-order valence-electron chi connectivity index (χ1n) is 6.53. The third-order valence-electron chi connectivity index (χ3n) is 3.15. The molecule has 1 aromatic rings. The number of carboxylic acids is 1. The van der Waals surface area contributed by atoms with Gasteiger partial charge in [0, 0.05) is 19.5 Å². The van der Waals surface area contributed by atoms with Crippen molar-refractivity contribution < 1.29 is 15.0 Å². The second-order valence-electron chi connectivity index (χ2n) is 5.21. The van der Waals surface area contributed by atoms with E-state index in [9.17, 15) is 9.90 Å². The molecule has 0 aliphatic heterocycles. The first kappa shape index (κ1) is 15.7. The number of aliphatic hydroxyl groups is 1. The number of hydrogen-bond donors (Lipinski definition) is 2. The van der Waals surface area contributed by atoms with Gasteiger partial charge in [-0.25, -0.2) is 0 Å². The maximum absolute atomic E-state index is 10.4. The highest BCUT2D eigenvalue weighted by atomic mass is 16.4. The van der Waals surface area contributed by atoms with Gasteiger partial charge in [-0.15, -0.1) is 0 Å². The molecule has 4 heteroatoms. The average Bonchev–Trinajstić information content (AvgIpc) is 2.30. The van der Waals surface area contributed by atoms with Gasteiger partial charge >= 0.3 is 5.97 Å². The number of aliphatic carboxylic acids is 1. The van der Waals surface area contributed by atoms with Gasteiger partial charge in [0.2, 0.25) is 0 Å². The van der Waals surface area contributed by atoms with Gasteiger partial charge in [0.1, 0.15) is 0 Å². The summed E-state index contributed by atoms with van der Waals surface area (Å²) in [5.74, 6) is -0.865. The molecule has 19 heavy (non-hydrogen) atoms. The fourth-order valence-corrected chi connectivity index (χ4v) is 2.12. The normalized spacial score (nSPS) is 12.7. The molecule has 0 aromatic heterocycles. The highest BCUT2D eigenvalue weighted by Gasteiger charge is 2.11. The van der Waals surface area contributed by atoms with Crippen LogP contribution in [-0.2, 0) is 11.3 Å². The molecule has 0 aliphatic rings. The number of rotatable bonds is 7. The van der Waals surface area contributed by atoms with Crippen molar-refractivity contribution in [2.24, 2.45) is 0 Å². The van der Waals surface area contributed by atoms with E-state index >= 15 is 0 Å². The van der Waals surface area contributed by atoms with Crippen LogP contribution in [0.15, 0.2) is 18.2 Å². The van der Waals surface area contributed by atoms with Crippen molar-refractivity contribution in [1.29, 1.82) is 0 Å². The molecule has 0 saturated carbocycles. The second-order valence-corrected chi connectivity index (χ2v) is 5.21. The monoisotopic (exact) mass is 265 g/mol. The van der Waals surface area contributed by atoms with E-state index in [0.717, 1.165) is 6.54 Å². The van der Waals surface area contributed by atoms with Gasteiger partial charge in [-0.3, -0.25) is 9.69 Å². The molecule has 0 radical (unpaired) electrons. The summed E-state index contributed by atoms with van der Waals surface area (Å²) in [6, 6.07) is 6.33. The Hall–Kier alpha value is -1.39. The van der Waals surface area contributed by atoms with Crippen molar-refractivity contribution in [1.82, 2.24) is 4.90 Å². The highest BCUT2D eigenvalue weighted by molar-refractivity contribution is 5.66. The van der Waals surface area contributed by atoms with E-state index in [1.165, 1.54) is 16.7 Å². The quantitative estimate of drug-likeness (QED) is 0.791. The number of likely N-dealkylation sites (N-methyl/N-ethyl adjacent to an activating group) is 1. The van der Waals surface area contributed by atoms with Gasteiger partial charge in [-0.2, -0.15) is 0 Å². The van der Waals surface area contributed by atoms with Crippen LogP contribution < -0.4 is 0 Å². The molecule has 0 heterocycles. The number of benzene rings is 1. The number of carbonyl (C=O) groups is 1. The summed E-state index contributed by atoms with van der Waals surface area (Å²) < 4.78 is 0. The third kappa shape index (κ3) is 5.85. The van der Waals surface area contributed by atoms with Gasteiger partial charge in [0.25, 0.3) is 0 Å². The Labute approximate surface area is 114 Å². The van der Waals surface area contributed by atoms with Crippen molar-refractivity contribution in [3.8, 4) is 0 Å². The largest absolute Gasteiger partial charge is 0.481 e. The topological polar surface area (TPSA) is 60.8 Å². The summed E-state index contributed by atoms with van der Waals surface area (Å²) in [4.78, 5) is 12.5. The van der Waals surface area contributed by atoms with Crippen LogP contribution in [0.3, 0.4) is 0 Å². The van der Waals surface area contributed by atoms with E-state index in [2.05, 4.69) is 32.0 Å². The summed E-state index contributed by atoms with van der Waals surface area (Å²) in [5, 5.41) is 18.3. The van der Waals surface area contributed by atoms with Gasteiger partial charge < -0.3 is 10.2 Å². The Morgan fingerprint density at radius 1 is 1.37 bits per heavy atom. The van der Waals surface area contributed by atoms with Crippen LogP contribution in [0, 0.1) is 13.8 Å². The molecule has 106 valence electrons. The zero-order chi connectivity index (χ0) is 14.4. The molecule has 1 rings (SSSR count). The van der Waals surface area contributed by atoms with Crippen LogP contribution in [0.4, 0.5) is 0 Å². The van der Waals surface area contributed by atoms with E-state index in [-0.39, 0.29) is 6.42 Å². The Kier molecular flexibility index (Phi) is 5.99. The van der Waals surface area contributed by atoms with Crippen LogP contribution in [-0.4, -0.2) is 40.8 Å². The standard InChI is InChI=1S/C15H23NO3/c1-11-4-5-13(12(2)8-11)9-16(3)10-14(17)6-7-15(18)19/h4-5,8,14,17H,6-7,9-10H2,1-3H3,(H,18,19). The summed E-state index contributed by atoms with van der Waals surface area (Å²) in [7, 11) is 1.93. The molecule has 0 spiro atoms. The third-order valence-corrected chi connectivity index (χ3v) is 3.15. The van der Waals surface area contributed by atoms with Gasteiger partial charge in [-0.1, -0.05) is 23.8 Å². The maximum atomic E-state index is 10.4. The molecule has 0 saturated heterocycles. The summed E-state index contributed by atoms with van der Waals surface area (Å²) in [6.45, 7) is 5.39. The van der Waals surface area contributed by atoms with Crippen LogP contribution in [0.5, 0.6) is 0 Å². The van der Waals surface area contributed by atoms with E-state index in [1.807, 2.05) is 11.9 Å². The zero-order valence-corrected chi connectivity index (χ0v) is 11.9. The first-order chi connectivity index (χ1) is 8.88. The van der Waals surface area contributed by atoms with E-state index in [1.54, 1.807) is 0 Å². The Balaban J connectivity index is 2.46. The fraction of sp³-hybridized carbons (Fsp3) is 0.533. The molecule has 2 N–H and O–H groups in total. The number of hydrogen-bond acceptors (Lipinski definition) is 3. The number of aryl methyl sites for hydroxylation is 2. The van der Waals surface area contributed by atoms with Crippen molar-refractivity contribution in [2.75, 3.05) is 13.6 Å². The van der Waals surface area contributed by atoms with E-state index in [0.29, 0.717) is 13.0 Å². The maximum Gasteiger partial charge on any atom is 0.303 e. The minimum absolute atomic E-state index is 0.0125. The van der Waals surface area contributed by atoms with E-state index < -0.39 is 12.1 Å². The lowest BCUT2D eigenvalue weighted by molar-refractivity contribution is -0.137. The smallest absolute Gasteiger partial charge is 0.303 e. The summed E-state index contributed by atoms with van der Waals surface area (Å²) >= 11 is 0. The predicted octanol–water partition coefficient (Wildman–Crippen LogP) is 1.96. The van der Waals surface area contributed by atoms with Crippen molar-refractivity contribution in [3.63, 3.8) is 0 Å². The predicted molar refractivity (Wildman–Crippen MR) is 75.1 cm³/mol. The van der Waals surface area contributed by atoms with E-state index in [4.69, 9.17) is 5.11 Å². The number of nitrogens with zero attached hydrogens (tertiary/aromatic N) is 1. The highest BCUT2D eigenvalue weighted by Crippen LogP contribution is 2.13. The minimum Gasteiger partial charge on any atom is -0.481 e. The van der Waals surface area contributed by atoms with Crippen LogP contribution in [0.1, 0.15) is 29.5 Å².